The summed E-state index contributed by atoms with van der Waals surface area (Å²) >= 11 is 18.2. The molecule has 36 heavy (non-hydrogen) atoms. The number of carbonyl (C=O) groups excluding carboxylic acids is 2. The molecule has 0 saturated carbocycles. The first-order chi connectivity index (χ1) is 16.9. The Morgan fingerprint density at radius 1 is 0.889 bits per heavy atom. The second-order valence-electron chi connectivity index (χ2n) is 7.73. The third-order valence-electron chi connectivity index (χ3n) is 5.06. The van der Waals surface area contributed by atoms with Crippen LogP contribution in [0.4, 0.5) is 5.69 Å². The molecule has 3 aromatic rings. The fraction of sp³-hybridized carbons (Fsp3) is 0.125. The first-order valence-electron chi connectivity index (χ1n) is 10.2. The SMILES string of the molecule is CS(=O)(=O)c1ccc(C(=O)NC(Cc2ccc(NC(=O)c3c(Cl)cccc3Cl)cc2)C(=O)O)c(Cl)c1. The second kappa shape index (κ2) is 11.3. The molecule has 0 aliphatic heterocycles. The molecule has 3 rings (SSSR count). The number of sulfone groups is 1. The number of carboxylic acid groups (broad SMARTS) is 1. The number of anilines is 1. The van der Waals surface area contributed by atoms with Gasteiger partial charge in [0.2, 0.25) is 0 Å². The van der Waals surface area contributed by atoms with E-state index in [4.69, 9.17) is 34.8 Å². The summed E-state index contributed by atoms with van der Waals surface area (Å²) in [5.41, 5.74) is 1.05. The summed E-state index contributed by atoms with van der Waals surface area (Å²) in [6, 6.07) is 13.3. The Morgan fingerprint density at radius 3 is 2.03 bits per heavy atom. The van der Waals surface area contributed by atoms with Gasteiger partial charge in [-0.1, -0.05) is 53.0 Å². The summed E-state index contributed by atoms with van der Waals surface area (Å²) in [4.78, 5) is 36.8. The normalized spacial score (nSPS) is 12.0. The Hall–Kier alpha value is -3.11. The van der Waals surface area contributed by atoms with Crippen molar-refractivity contribution in [3.05, 3.63) is 92.4 Å². The van der Waals surface area contributed by atoms with Crippen molar-refractivity contribution < 1.29 is 27.9 Å². The highest BCUT2D eigenvalue weighted by molar-refractivity contribution is 7.90. The van der Waals surface area contributed by atoms with E-state index in [1.165, 1.54) is 12.1 Å². The van der Waals surface area contributed by atoms with Crippen LogP contribution in [0, 0.1) is 0 Å². The largest absolute Gasteiger partial charge is 0.480 e. The van der Waals surface area contributed by atoms with E-state index in [2.05, 4.69) is 10.6 Å². The standard InChI is InChI=1S/C24H19Cl3N2O6S/c1-36(34,35)15-9-10-16(19(27)12-15)22(30)29-20(24(32)33)11-13-5-7-14(8-6-13)28-23(31)21-17(25)3-2-4-18(21)26/h2-10,12,20H,11H2,1H3,(H,28,31)(H,29,30)(H,32,33). The molecule has 0 bridgehead atoms. The predicted octanol–water partition coefficient (Wildman–Crippen LogP) is 4.73. The number of amides is 2. The number of nitrogens with one attached hydrogen (secondary N) is 2. The minimum atomic E-state index is -3.53. The van der Waals surface area contributed by atoms with Crippen LogP contribution in [0.5, 0.6) is 0 Å². The van der Waals surface area contributed by atoms with Crippen LogP contribution >= 0.6 is 34.8 Å². The van der Waals surface area contributed by atoms with Crippen molar-refractivity contribution in [2.75, 3.05) is 11.6 Å². The Kier molecular flexibility index (Phi) is 8.63. The average molecular weight is 570 g/mol. The van der Waals surface area contributed by atoms with E-state index >= 15 is 0 Å². The molecule has 0 aliphatic carbocycles. The molecule has 1 atom stereocenters. The summed E-state index contributed by atoms with van der Waals surface area (Å²) in [6.07, 6.45) is 0.937. The molecular weight excluding hydrogens is 551 g/mol. The summed E-state index contributed by atoms with van der Waals surface area (Å²) in [5.74, 6) is -2.56. The lowest BCUT2D eigenvalue weighted by molar-refractivity contribution is -0.139. The molecule has 3 N–H and O–H groups in total. The van der Waals surface area contributed by atoms with Gasteiger partial charge >= 0.3 is 5.97 Å². The van der Waals surface area contributed by atoms with Gasteiger partial charge in [0, 0.05) is 18.4 Å². The number of benzene rings is 3. The smallest absolute Gasteiger partial charge is 0.326 e. The fourth-order valence-corrected chi connectivity index (χ4v) is 4.76. The van der Waals surface area contributed by atoms with Crippen LogP contribution in [-0.2, 0) is 21.1 Å². The molecular formula is C24H19Cl3N2O6S. The Bertz CT molecular complexity index is 1420. The number of carboxylic acids is 1. The second-order valence-corrected chi connectivity index (χ2v) is 11.0. The molecule has 8 nitrogen and oxygen atoms in total. The molecule has 188 valence electrons. The molecule has 12 heteroatoms. The van der Waals surface area contributed by atoms with Gasteiger partial charge in [-0.25, -0.2) is 13.2 Å². The van der Waals surface area contributed by atoms with Gasteiger partial charge in [-0.15, -0.1) is 0 Å². The zero-order chi connectivity index (χ0) is 26.6. The van der Waals surface area contributed by atoms with Crippen LogP contribution in [0.25, 0.3) is 0 Å². The van der Waals surface area contributed by atoms with Crippen LogP contribution in [-0.4, -0.2) is 43.6 Å². The van der Waals surface area contributed by atoms with Crippen LogP contribution in [0.2, 0.25) is 15.1 Å². The van der Waals surface area contributed by atoms with Gasteiger partial charge in [0.15, 0.2) is 9.84 Å². The van der Waals surface area contributed by atoms with Crippen LogP contribution in [0.15, 0.2) is 65.6 Å². The third kappa shape index (κ3) is 6.76. The number of hydrogen-bond donors (Lipinski definition) is 3. The van der Waals surface area contributed by atoms with Gasteiger partial charge in [0.1, 0.15) is 6.04 Å². The zero-order valence-corrected chi connectivity index (χ0v) is 21.7. The van der Waals surface area contributed by atoms with E-state index in [-0.39, 0.29) is 37.5 Å². The van der Waals surface area contributed by atoms with Crippen molar-refractivity contribution in [1.29, 1.82) is 0 Å². The average Bonchev–Trinajstić information content (AvgIpc) is 2.79. The van der Waals surface area contributed by atoms with E-state index in [1.807, 2.05) is 0 Å². The minimum Gasteiger partial charge on any atom is -0.480 e. The first-order valence-corrected chi connectivity index (χ1v) is 13.3. The van der Waals surface area contributed by atoms with Gasteiger partial charge in [-0.3, -0.25) is 9.59 Å². The van der Waals surface area contributed by atoms with Crippen molar-refractivity contribution in [1.82, 2.24) is 5.32 Å². The lowest BCUT2D eigenvalue weighted by Gasteiger charge is -2.16. The summed E-state index contributed by atoms with van der Waals surface area (Å²) in [5, 5.41) is 14.9. The number of halogens is 3. The van der Waals surface area contributed by atoms with Crippen molar-refractivity contribution in [2.45, 2.75) is 17.4 Å². The van der Waals surface area contributed by atoms with Gasteiger partial charge in [-0.2, -0.15) is 0 Å². The quantitative estimate of drug-likeness (QED) is 0.360. The highest BCUT2D eigenvalue weighted by Crippen LogP contribution is 2.25. The van der Waals surface area contributed by atoms with Crippen molar-refractivity contribution in [2.24, 2.45) is 0 Å². The molecule has 0 aliphatic rings. The van der Waals surface area contributed by atoms with E-state index < -0.39 is 33.7 Å². The Labute approximate surface area is 222 Å². The summed E-state index contributed by atoms with van der Waals surface area (Å²) in [6.45, 7) is 0. The summed E-state index contributed by atoms with van der Waals surface area (Å²) < 4.78 is 23.3. The van der Waals surface area contributed by atoms with Crippen LogP contribution < -0.4 is 10.6 Å². The molecule has 2 amide bonds. The molecule has 1 unspecified atom stereocenters. The first kappa shape index (κ1) is 27.5. The van der Waals surface area contributed by atoms with E-state index in [0.717, 1.165) is 12.3 Å². The van der Waals surface area contributed by atoms with Gasteiger partial charge in [0.25, 0.3) is 11.8 Å². The zero-order valence-electron chi connectivity index (χ0n) is 18.6. The lowest BCUT2D eigenvalue weighted by Crippen LogP contribution is -2.42. The molecule has 0 spiro atoms. The van der Waals surface area contributed by atoms with Gasteiger partial charge in [-0.05, 0) is 48.0 Å². The maximum absolute atomic E-state index is 12.6. The van der Waals surface area contributed by atoms with E-state index in [0.29, 0.717) is 11.3 Å². The highest BCUT2D eigenvalue weighted by atomic mass is 35.5. The van der Waals surface area contributed by atoms with Crippen molar-refractivity contribution >= 4 is 68.1 Å². The number of carbonyl (C=O) groups is 3. The molecule has 0 aromatic heterocycles. The van der Waals surface area contributed by atoms with E-state index in [9.17, 15) is 27.9 Å². The number of hydrogen-bond acceptors (Lipinski definition) is 5. The highest BCUT2D eigenvalue weighted by Gasteiger charge is 2.23. The Balaban J connectivity index is 1.70. The fourth-order valence-electron chi connectivity index (χ4n) is 3.21. The molecule has 0 radical (unpaired) electrons. The topological polar surface area (TPSA) is 130 Å². The lowest BCUT2D eigenvalue weighted by atomic mass is 10.0. The number of aliphatic carboxylic acids is 1. The molecule has 0 saturated heterocycles. The van der Waals surface area contributed by atoms with Gasteiger partial charge < -0.3 is 15.7 Å². The molecule has 0 fully saturated rings. The van der Waals surface area contributed by atoms with Crippen LogP contribution in [0.1, 0.15) is 26.3 Å². The van der Waals surface area contributed by atoms with Crippen LogP contribution in [0.3, 0.4) is 0 Å². The number of rotatable bonds is 8. The summed E-state index contributed by atoms with van der Waals surface area (Å²) in [7, 11) is -3.53. The molecule has 3 aromatic carbocycles. The maximum Gasteiger partial charge on any atom is 0.326 e. The van der Waals surface area contributed by atoms with Crippen molar-refractivity contribution in [3.8, 4) is 0 Å². The molecule has 0 heterocycles. The van der Waals surface area contributed by atoms with E-state index in [1.54, 1.807) is 42.5 Å². The maximum atomic E-state index is 12.6. The third-order valence-corrected chi connectivity index (χ3v) is 7.11. The Morgan fingerprint density at radius 2 is 1.50 bits per heavy atom. The predicted molar refractivity (Wildman–Crippen MR) is 138 cm³/mol. The van der Waals surface area contributed by atoms with Gasteiger partial charge in [0.05, 0.1) is 31.1 Å². The monoisotopic (exact) mass is 568 g/mol. The minimum absolute atomic E-state index is 0.0633. The van der Waals surface area contributed by atoms with Crippen molar-refractivity contribution in [3.63, 3.8) is 0 Å².